The van der Waals surface area contributed by atoms with Crippen LogP contribution < -0.4 is 5.32 Å². The number of carbonyl (C=O) groups is 1. The molecule has 5 nitrogen and oxygen atoms in total. The molecule has 0 aliphatic carbocycles. The van der Waals surface area contributed by atoms with Crippen LogP contribution >= 0.6 is 11.6 Å². The highest BCUT2D eigenvalue weighted by Crippen LogP contribution is 2.31. The topological polar surface area (TPSA) is 50.2 Å². The first-order chi connectivity index (χ1) is 10.1. The zero-order chi connectivity index (χ0) is 15.0. The molecule has 116 valence electrons. The number of fused-ring (bicyclic) bond motifs is 1. The molecule has 2 saturated heterocycles. The quantitative estimate of drug-likeness (QED) is 0.925. The first-order valence-electron chi connectivity index (χ1n) is 7.82. The molecule has 1 aromatic heterocycles. The van der Waals surface area contributed by atoms with Crippen molar-refractivity contribution in [3.8, 4) is 0 Å². The van der Waals surface area contributed by atoms with E-state index in [0.29, 0.717) is 24.9 Å². The van der Waals surface area contributed by atoms with Crippen molar-refractivity contribution in [1.82, 2.24) is 20.0 Å². The Kier molecular flexibility index (Phi) is 4.22. The second-order valence-corrected chi connectivity index (χ2v) is 6.44. The van der Waals surface area contributed by atoms with Crippen LogP contribution in [-0.4, -0.2) is 39.7 Å². The molecule has 1 N–H and O–H groups in total. The van der Waals surface area contributed by atoms with E-state index in [1.807, 2.05) is 23.6 Å². The molecule has 2 atom stereocenters. The van der Waals surface area contributed by atoms with Crippen molar-refractivity contribution in [3.63, 3.8) is 0 Å². The Morgan fingerprint density at radius 3 is 2.95 bits per heavy atom. The Morgan fingerprint density at radius 2 is 2.24 bits per heavy atom. The van der Waals surface area contributed by atoms with Crippen molar-refractivity contribution in [2.45, 2.75) is 45.2 Å². The molecule has 0 radical (unpaired) electrons. The van der Waals surface area contributed by atoms with Crippen LogP contribution in [0.15, 0.2) is 0 Å². The van der Waals surface area contributed by atoms with Gasteiger partial charge in [-0.1, -0.05) is 18.5 Å². The number of aryl methyl sites for hydroxylation is 2. The Balaban J connectivity index is 1.85. The fraction of sp³-hybridized carbons (Fsp3) is 0.733. The van der Waals surface area contributed by atoms with Gasteiger partial charge in [0.25, 0.3) is 0 Å². The molecule has 0 aromatic carbocycles. The Hall–Kier alpha value is -1.07. The number of carbonyl (C=O) groups excluding carboxylic acids is 1. The summed E-state index contributed by atoms with van der Waals surface area (Å²) in [5, 5.41) is 8.62. The fourth-order valence-electron chi connectivity index (χ4n) is 3.61. The highest BCUT2D eigenvalue weighted by Gasteiger charge is 2.37. The van der Waals surface area contributed by atoms with Gasteiger partial charge >= 0.3 is 0 Å². The lowest BCUT2D eigenvalue weighted by Gasteiger charge is -2.44. The van der Waals surface area contributed by atoms with E-state index in [4.69, 9.17) is 11.6 Å². The maximum Gasteiger partial charge on any atom is 0.223 e. The van der Waals surface area contributed by atoms with Crippen LogP contribution in [-0.2, 0) is 24.8 Å². The molecule has 2 aliphatic heterocycles. The Labute approximate surface area is 130 Å². The van der Waals surface area contributed by atoms with Crippen molar-refractivity contribution in [3.05, 3.63) is 16.4 Å². The van der Waals surface area contributed by atoms with E-state index in [-0.39, 0.29) is 5.91 Å². The maximum atomic E-state index is 12.4. The molecule has 1 amide bonds. The minimum absolute atomic E-state index is 0.258. The largest absolute Gasteiger partial charge is 0.333 e. The lowest BCUT2D eigenvalue weighted by molar-refractivity contribution is -0.140. The Morgan fingerprint density at radius 1 is 1.43 bits per heavy atom. The van der Waals surface area contributed by atoms with Crippen LogP contribution in [0.1, 0.15) is 37.6 Å². The molecule has 3 heterocycles. The molecular formula is C15H23ClN4O. The van der Waals surface area contributed by atoms with Gasteiger partial charge in [-0.25, -0.2) is 0 Å². The van der Waals surface area contributed by atoms with E-state index < -0.39 is 0 Å². The summed E-state index contributed by atoms with van der Waals surface area (Å²) in [5.41, 5.74) is 1.88. The molecule has 3 rings (SSSR count). The molecule has 2 aliphatic rings. The van der Waals surface area contributed by atoms with Crippen LogP contribution in [0.5, 0.6) is 0 Å². The van der Waals surface area contributed by atoms with Crippen LogP contribution in [0.25, 0.3) is 0 Å². The van der Waals surface area contributed by atoms with Gasteiger partial charge < -0.3 is 10.2 Å². The van der Waals surface area contributed by atoms with Gasteiger partial charge in [0.1, 0.15) is 0 Å². The number of nitrogens with zero attached hydrogens (tertiary/aromatic N) is 3. The van der Waals surface area contributed by atoms with Crippen molar-refractivity contribution >= 4 is 17.5 Å². The fourth-order valence-corrected chi connectivity index (χ4v) is 3.96. The van der Waals surface area contributed by atoms with Gasteiger partial charge in [0.2, 0.25) is 5.91 Å². The van der Waals surface area contributed by atoms with Gasteiger partial charge in [-0.2, -0.15) is 5.10 Å². The molecule has 0 spiro atoms. The lowest BCUT2D eigenvalue weighted by Crippen LogP contribution is -2.54. The number of piperidine rings is 2. The average Bonchev–Trinajstić information content (AvgIpc) is 2.77. The van der Waals surface area contributed by atoms with Crippen LogP contribution in [0.4, 0.5) is 0 Å². The number of hydrogen-bond donors (Lipinski definition) is 1. The second kappa shape index (κ2) is 5.97. The number of nitrogens with one attached hydrogen (secondary N) is 1. The second-order valence-electron chi connectivity index (χ2n) is 6.07. The summed E-state index contributed by atoms with van der Waals surface area (Å²) in [6.07, 6.45) is 3.51. The summed E-state index contributed by atoms with van der Waals surface area (Å²) in [4.78, 5) is 14.4. The molecular weight excluding hydrogens is 288 g/mol. The Bertz CT molecular complexity index is 542. The predicted octanol–water partition coefficient (Wildman–Crippen LogP) is 1.74. The van der Waals surface area contributed by atoms with Gasteiger partial charge in [-0.3, -0.25) is 9.48 Å². The van der Waals surface area contributed by atoms with Gasteiger partial charge in [-0.15, -0.1) is 0 Å². The number of aromatic nitrogens is 2. The molecule has 0 bridgehead atoms. The first kappa shape index (κ1) is 14.9. The van der Waals surface area contributed by atoms with E-state index in [1.165, 1.54) is 0 Å². The SMILES string of the molecule is CCc1nn(C)c(CN2C(=O)CCC3CNCCC32)c1Cl. The molecule has 21 heavy (non-hydrogen) atoms. The zero-order valence-electron chi connectivity index (χ0n) is 12.7. The van der Waals surface area contributed by atoms with Crippen LogP contribution in [0, 0.1) is 5.92 Å². The summed E-state index contributed by atoms with van der Waals surface area (Å²) in [7, 11) is 1.91. The van der Waals surface area contributed by atoms with Crippen LogP contribution in [0.2, 0.25) is 5.02 Å². The van der Waals surface area contributed by atoms with Gasteiger partial charge in [0.05, 0.1) is 23.0 Å². The van der Waals surface area contributed by atoms with Crippen molar-refractivity contribution in [1.29, 1.82) is 0 Å². The summed E-state index contributed by atoms with van der Waals surface area (Å²) < 4.78 is 1.83. The van der Waals surface area contributed by atoms with E-state index in [9.17, 15) is 4.79 Å². The minimum Gasteiger partial charge on any atom is -0.333 e. The zero-order valence-corrected chi connectivity index (χ0v) is 13.5. The maximum absolute atomic E-state index is 12.4. The predicted molar refractivity (Wildman–Crippen MR) is 82.1 cm³/mol. The summed E-state index contributed by atoms with van der Waals surface area (Å²) >= 11 is 6.44. The van der Waals surface area contributed by atoms with E-state index in [1.54, 1.807) is 0 Å². The smallest absolute Gasteiger partial charge is 0.223 e. The first-order valence-corrected chi connectivity index (χ1v) is 8.20. The average molecular weight is 311 g/mol. The molecule has 6 heteroatoms. The van der Waals surface area contributed by atoms with E-state index >= 15 is 0 Å². The third-order valence-corrected chi connectivity index (χ3v) is 5.28. The third kappa shape index (κ3) is 2.69. The summed E-state index contributed by atoms with van der Waals surface area (Å²) in [5.74, 6) is 0.836. The third-order valence-electron chi connectivity index (χ3n) is 4.84. The highest BCUT2D eigenvalue weighted by molar-refractivity contribution is 6.31. The minimum atomic E-state index is 0.258. The highest BCUT2D eigenvalue weighted by atomic mass is 35.5. The molecule has 0 saturated carbocycles. The number of amides is 1. The van der Waals surface area contributed by atoms with E-state index in [0.717, 1.165) is 48.8 Å². The van der Waals surface area contributed by atoms with Gasteiger partial charge in [0.15, 0.2) is 0 Å². The van der Waals surface area contributed by atoms with Gasteiger partial charge in [0, 0.05) is 19.5 Å². The normalized spacial score (nSPS) is 26.0. The number of likely N-dealkylation sites (tertiary alicyclic amines) is 1. The molecule has 1 aromatic rings. The van der Waals surface area contributed by atoms with Gasteiger partial charge in [-0.05, 0) is 38.3 Å². The van der Waals surface area contributed by atoms with Crippen molar-refractivity contribution in [2.75, 3.05) is 13.1 Å². The summed E-state index contributed by atoms with van der Waals surface area (Å²) in [6, 6.07) is 0.351. The molecule has 2 fully saturated rings. The van der Waals surface area contributed by atoms with Crippen molar-refractivity contribution < 1.29 is 4.79 Å². The van der Waals surface area contributed by atoms with Crippen molar-refractivity contribution in [2.24, 2.45) is 13.0 Å². The lowest BCUT2D eigenvalue weighted by atomic mass is 9.84. The number of rotatable bonds is 3. The monoisotopic (exact) mass is 310 g/mol. The van der Waals surface area contributed by atoms with Crippen LogP contribution in [0.3, 0.4) is 0 Å². The standard InChI is InChI=1S/C15H23ClN4O/c1-3-11-15(16)13(19(2)18-11)9-20-12-6-7-17-8-10(12)4-5-14(20)21/h10,12,17H,3-9H2,1-2H3. The summed E-state index contributed by atoms with van der Waals surface area (Å²) in [6.45, 7) is 4.65. The number of halogens is 1. The van der Waals surface area contributed by atoms with E-state index in [2.05, 4.69) is 10.4 Å². The molecule has 2 unspecified atom stereocenters. The number of hydrogen-bond acceptors (Lipinski definition) is 3.